The first-order valence-electron chi connectivity index (χ1n) is 6.70. The molecule has 0 saturated heterocycles. The molecule has 3 atom stereocenters. The Balaban J connectivity index is 2.74. The smallest absolute Gasteiger partial charge is 0.317 e. The molecule has 0 spiro atoms. The second-order valence-corrected chi connectivity index (χ2v) is 6.61. The van der Waals surface area contributed by atoms with Crippen LogP contribution in [0.1, 0.15) is 53.9 Å². The molecule has 1 rings (SSSR count). The molecule has 3 unspecified atom stereocenters. The van der Waals surface area contributed by atoms with Gasteiger partial charge in [-0.3, -0.25) is 9.69 Å². The molecular formula is C14H27NO2. The van der Waals surface area contributed by atoms with Gasteiger partial charge in [-0.25, -0.2) is 0 Å². The van der Waals surface area contributed by atoms with E-state index in [0.717, 1.165) is 18.8 Å². The third kappa shape index (κ3) is 3.98. The molecule has 1 fully saturated rings. The van der Waals surface area contributed by atoms with Crippen LogP contribution < -0.4 is 0 Å². The molecule has 1 aliphatic rings. The third-order valence-electron chi connectivity index (χ3n) is 4.18. The van der Waals surface area contributed by atoms with Gasteiger partial charge >= 0.3 is 5.97 Å². The minimum atomic E-state index is -0.716. The van der Waals surface area contributed by atoms with E-state index in [1.54, 1.807) is 0 Å². The molecule has 0 aromatic heterocycles. The largest absolute Gasteiger partial charge is 0.480 e. The fraction of sp³-hybridized carbons (Fsp3) is 0.929. The number of aliphatic carboxylic acids is 1. The first kappa shape index (κ1) is 14.5. The zero-order valence-corrected chi connectivity index (χ0v) is 11.9. The molecule has 100 valence electrons. The van der Waals surface area contributed by atoms with Crippen molar-refractivity contribution in [2.45, 2.75) is 65.5 Å². The van der Waals surface area contributed by atoms with Crippen molar-refractivity contribution < 1.29 is 9.90 Å². The number of carbonyl (C=O) groups is 1. The van der Waals surface area contributed by atoms with Crippen LogP contribution in [0.2, 0.25) is 0 Å². The van der Waals surface area contributed by atoms with Crippen LogP contribution in [0.25, 0.3) is 0 Å². The molecule has 0 amide bonds. The van der Waals surface area contributed by atoms with Crippen molar-refractivity contribution in [3.63, 3.8) is 0 Å². The molecule has 1 saturated carbocycles. The summed E-state index contributed by atoms with van der Waals surface area (Å²) in [5.41, 5.74) is -0.0661. The Morgan fingerprint density at radius 2 is 1.82 bits per heavy atom. The van der Waals surface area contributed by atoms with E-state index < -0.39 is 5.97 Å². The van der Waals surface area contributed by atoms with Crippen molar-refractivity contribution in [3.05, 3.63) is 0 Å². The molecule has 0 aliphatic heterocycles. The van der Waals surface area contributed by atoms with E-state index in [1.807, 2.05) is 0 Å². The third-order valence-corrected chi connectivity index (χ3v) is 4.18. The summed E-state index contributed by atoms with van der Waals surface area (Å²) in [4.78, 5) is 13.2. The summed E-state index contributed by atoms with van der Waals surface area (Å²) in [5.74, 6) is 0.761. The monoisotopic (exact) mass is 241 g/mol. The summed E-state index contributed by atoms with van der Waals surface area (Å²) in [6.45, 7) is 11.1. The van der Waals surface area contributed by atoms with Crippen LogP contribution in [0.3, 0.4) is 0 Å². The maximum atomic E-state index is 11.0. The summed E-state index contributed by atoms with van der Waals surface area (Å²) in [7, 11) is 0. The topological polar surface area (TPSA) is 40.5 Å². The lowest BCUT2D eigenvalue weighted by Crippen LogP contribution is -2.52. The molecule has 3 nitrogen and oxygen atoms in total. The highest BCUT2D eigenvalue weighted by Gasteiger charge is 2.34. The Bertz CT molecular complexity index is 270. The fourth-order valence-electron chi connectivity index (χ4n) is 2.86. The average molecular weight is 241 g/mol. The SMILES string of the molecule is CC1CCC(N(CC(=O)O)C(C)(C)C)CC1C. The van der Waals surface area contributed by atoms with E-state index in [0.29, 0.717) is 12.0 Å². The number of rotatable bonds is 3. The Morgan fingerprint density at radius 3 is 2.24 bits per heavy atom. The van der Waals surface area contributed by atoms with Gasteiger partial charge in [-0.05, 0) is 51.9 Å². The Morgan fingerprint density at radius 1 is 1.24 bits per heavy atom. The van der Waals surface area contributed by atoms with Gasteiger partial charge in [-0.15, -0.1) is 0 Å². The lowest BCUT2D eigenvalue weighted by Gasteiger charge is -2.45. The van der Waals surface area contributed by atoms with Crippen LogP contribution >= 0.6 is 0 Å². The summed E-state index contributed by atoms with van der Waals surface area (Å²) in [5, 5.41) is 9.05. The average Bonchev–Trinajstić information content (AvgIpc) is 2.17. The molecule has 17 heavy (non-hydrogen) atoms. The zero-order valence-electron chi connectivity index (χ0n) is 11.9. The maximum Gasteiger partial charge on any atom is 0.317 e. The Hall–Kier alpha value is -0.570. The molecule has 0 bridgehead atoms. The molecule has 0 radical (unpaired) electrons. The highest BCUT2D eigenvalue weighted by molar-refractivity contribution is 5.69. The van der Waals surface area contributed by atoms with Crippen molar-refractivity contribution in [1.82, 2.24) is 4.90 Å². The second-order valence-electron chi connectivity index (χ2n) is 6.61. The number of carboxylic acid groups (broad SMARTS) is 1. The molecule has 1 aliphatic carbocycles. The van der Waals surface area contributed by atoms with Crippen molar-refractivity contribution in [1.29, 1.82) is 0 Å². The minimum absolute atomic E-state index is 0.0661. The van der Waals surface area contributed by atoms with E-state index in [9.17, 15) is 4.79 Å². The predicted molar refractivity (Wildman–Crippen MR) is 70.1 cm³/mol. The summed E-state index contributed by atoms with van der Waals surface area (Å²) < 4.78 is 0. The molecule has 3 heteroatoms. The van der Waals surface area contributed by atoms with E-state index in [1.165, 1.54) is 6.42 Å². The molecule has 0 aromatic rings. The van der Waals surface area contributed by atoms with E-state index >= 15 is 0 Å². The highest BCUT2D eigenvalue weighted by Crippen LogP contribution is 2.34. The van der Waals surface area contributed by atoms with Crippen LogP contribution in [0.5, 0.6) is 0 Å². The van der Waals surface area contributed by atoms with Crippen LogP contribution in [-0.4, -0.2) is 34.1 Å². The quantitative estimate of drug-likeness (QED) is 0.825. The van der Waals surface area contributed by atoms with Gasteiger partial charge in [0.1, 0.15) is 0 Å². The minimum Gasteiger partial charge on any atom is -0.480 e. The van der Waals surface area contributed by atoms with Crippen LogP contribution in [0.15, 0.2) is 0 Å². The molecule has 1 N–H and O–H groups in total. The van der Waals surface area contributed by atoms with Crippen molar-refractivity contribution in [2.75, 3.05) is 6.54 Å². The van der Waals surface area contributed by atoms with E-state index in [2.05, 4.69) is 39.5 Å². The van der Waals surface area contributed by atoms with Gasteiger partial charge in [0.25, 0.3) is 0 Å². The van der Waals surface area contributed by atoms with Crippen LogP contribution in [0.4, 0.5) is 0 Å². The Kier molecular flexibility index (Phi) is 4.59. The Labute approximate surface area is 105 Å². The normalized spacial score (nSPS) is 30.6. The maximum absolute atomic E-state index is 11.0. The summed E-state index contributed by atoms with van der Waals surface area (Å²) in [6.07, 6.45) is 3.49. The zero-order chi connectivity index (χ0) is 13.2. The van der Waals surface area contributed by atoms with Crippen LogP contribution in [0, 0.1) is 11.8 Å². The van der Waals surface area contributed by atoms with Gasteiger partial charge in [0.05, 0.1) is 6.54 Å². The van der Waals surface area contributed by atoms with E-state index in [-0.39, 0.29) is 12.1 Å². The number of hydrogen-bond donors (Lipinski definition) is 1. The van der Waals surface area contributed by atoms with Gasteiger partial charge in [0.15, 0.2) is 0 Å². The number of nitrogens with zero attached hydrogens (tertiary/aromatic N) is 1. The van der Waals surface area contributed by atoms with Gasteiger partial charge in [0, 0.05) is 11.6 Å². The molecular weight excluding hydrogens is 214 g/mol. The highest BCUT2D eigenvalue weighted by atomic mass is 16.4. The standard InChI is InChI=1S/C14H27NO2/c1-10-6-7-12(8-11(10)2)15(9-13(16)17)14(3,4)5/h10-12H,6-9H2,1-5H3,(H,16,17). The molecule has 0 heterocycles. The summed E-state index contributed by atoms with van der Waals surface area (Å²) in [6, 6.07) is 0.428. The molecule has 0 aromatic carbocycles. The van der Waals surface area contributed by atoms with Crippen molar-refractivity contribution in [2.24, 2.45) is 11.8 Å². The van der Waals surface area contributed by atoms with E-state index in [4.69, 9.17) is 5.11 Å². The van der Waals surface area contributed by atoms with Crippen molar-refractivity contribution in [3.8, 4) is 0 Å². The lowest BCUT2D eigenvalue weighted by molar-refractivity contribution is -0.141. The number of hydrogen-bond acceptors (Lipinski definition) is 2. The first-order valence-corrected chi connectivity index (χ1v) is 6.70. The van der Waals surface area contributed by atoms with Gasteiger partial charge in [0.2, 0.25) is 0 Å². The second kappa shape index (κ2) is 5.38. The lowest BCUT2D eigenvalue weighted by atomic mass is 9.77. The van der Waals surface area contributed by atoms with Gasteiger partial charge < -0.3 is 5.11 Å². The number of carboxylic acids is 1. The summed E-state index contributed by atoms with van der Waals surface area (Å²) >= 11 is 0. The first-order chi connectivity index (χ1) is 7.71. The van der Waals surface area contributed by atoms with Gasteiger partial charge in [-0.2, -0.15) is 0 Å². The predicted octanol–water partition coefficient (Wildman–Crippen LogP) is 3.00. The van der Waals surface area contributed by atoms with Crippen LogP contribution in [-0.2, 0) is 4.79 Å². The van der Waals surface area contributed by atoms with Crippen molar-refractivity contribution >= 4 is 5.97 Å². The fourth-order valence-corrected chi connectivity index (χ4v) is 2.86. The van der Waals surface area contributed by atoms with Gasteiger partial charge in [-0.1, -0.05) is 13.8 Å².